The molecule has 5 nitrogen and oxygen atoms in total. The zero-order chi connectivity index (χ0) is 14.9. The van der Waals surface area contributed by atoms with Gasteiger partial charge in [-0.1, -0.05) is 15.9 Å². The summed E-state index contributed by atoms with van der Waals surface area (Å²) in [5.41, 5.74) is 6.16. The monoisotopic (exact) mass is 423 g/mol. The van der Waals surface area contributed by atoms with Crippen LogP contribution in [0.2, 0.25) is 0 Å². The first-order valence-corrected chi connectivity index (χ1v) is 8.24. The highest BCUT2D eigenvalue weighted by atomic mass is 79.9. The summed E-state index contributed by atoms with van der Waals surface area (Å²) in [5, 5.41) is 0. The van der Waals surface area contributed by atoms with Crippen LogP contribution in [0.15, 0.2) is 44.4 Å². The smallest absolute Gasteiger partial charge is 0.263 e. The number of halogens is 3. The van der Waals surface area contributed by atoms with E-state index in [1.54, 1.807) is 12.1 Å². The number of rotatable bonds is 3. The Hall–Kier alpha value is -1.19. The number of nitrogens with two attached hydrogens (primary N) is 1. The van der Waals surface area contributed by atoms with Crippen LogP contribution in [0.3, 0.4) is 0 Å². The van der Waals surface area contributed by atoms with Crippen molar-refractivity contribution in [3.05, 3.63) is 45.4 Å². The number of benzene rings is 1. The van der Waals surface area contributed by atoms with Gasteiger partial charge in [0.2, 0.25) is 0 Å². The van der Waals surface area contributed by atoms with E-state index in [1.165, 1.54) is 0 Å². The SMILES string of the molecule is Nc1cc(Br)cc(Br)c1NS(=O)(=O)c1cncc(F)c1. The lowest BCUT2D eigenvalue weighted by atomic mass is 10.3. The fraction of sp³-hybridized carbons (Fsp3) is 0. The number of sulfonamides is 1. The van der Waals surface area contributed by atoms with Gasteiger partial charge < -0.3 is 5.73 Å². The Morgan fingerprint density at radius 2 is 1.90 bits per heavy atom. The minimum Gasteiger partial charge on any atom is -0.397 e. The number of hydrogen-bond acceptors (Lipinski definition) is 4. The molecule has 2 rings (SSSR count). The average molecular weight is 425 g/mol. The lowest BCUT2D eigenvalue weighted by Gasteiger charge is -2.12. The van der Waals surface area contributed by atoms with Gasteiger partial charge in [0, 0.05) is 15.1 Å². The molecule has 0 aliphatic rings. The Morgan fingerprint density at radius 1 is 1.20 bits per heavy atom. The standard InChI is InChI=1S/C11H8Br2FN3O2S/c12-6-1-9(13)11(10(15)2-6)17-20(18,19)8-3-7(14)4-16-5-8/h1-5,17H,15H2. The molecular weight excluding hydrogens is 417 g/mol. The van der Waals surface area contributed by atoms with Gasteiger partial charge >= 0.3 is 0 Å². The summed E-state index contributed by atoms with van der Waals surface area (Å²) in [6, 6.07) is 4.06. The molecule has 0 amide bonds. The third-order valence-electron chi connectivity index (χ3n) is 2.31. The Bertz CT molecular complexity index is 745. The van der Waals surface area contributed by atoms with E-state index < -0.39 is 15.8 Å². The molecule has 2 aromatic rings. The lowest BCUT2D eigenvalue weighted by Crippen LogP contribution is -2.15. The van der Waals surface area contributed by atoms with Crippen molar-refractivity contribution in [3.8, 4) is 0 Å². The van der Waals surface area contributed by atoms with Crippen molar-refractivity contribution in [2.45, 2.75) is 4.90 Å². The van der Waals surface area contributed by atoms with Gasteiger partial charge in [-0.15, -0.1) is 0 Å². The molecule has 20 heavy (non-hydrogen) atoms. The Morgan fingerprint density at radius 3 is 2.50 bits per heavy atom. The van der Waals surface area contributed by atoms with Crippen molar-refractivity contribution in [2.24, 2.45) is 0 Å². The van der Waals surface area contributed by atoms with Crippen LogP contribution in [-0.2, 0) is 10.0 Å². The van der Waals surface area contributed by atoms with Gasteiger partial charge in [0.25, 0.3) is 10.0 Å². The molecule has 106 valence electrons. The summed E-state index contributed by atoms with van der Waals surface area (Å²) in [6.45, 7) is 0. The number of nitrogens with one attached hydrogen (secondary N) is 1. The quantitative estimate of drug-likeness (QED) is 0.741. The lowest BCUT2D eigenvalue weighted by molar-refractivity contribution is 0.592. The molecule has 0 atom stereocenters. The molecule has 0 saturated heterocycles. The van der Waals surface area contributed by atoms with Crippen molar-refractivity contribution in [1.29, 1.82) is 0 Å². The zero-order valence-electron chi connectivity index (χ0n) is 9.77. The number of nitrogen functional groups attached to an aromatic ring is 1. The van der Waals surface area contributed by atoms with E-state index in [-0.39, 0.29) is 16.3 Å². The average Bonchev–Trinajstić information content (AvgIpc) is 2.34. The zero-order valence-corrected chi connectivity index (χ0v) is 13.8. The largest absolute Gasteiger partial charge is 0.397 e. The van der Waals surface area contributed by atoms with Crippen LogP contribution >= 0.6 is 31.9 Å². The van der Waals surface area contributed by atoms with Gasteiger partial charge in [-0.05, 0) is 34.1 Å². The highest BCUT2D eigenvalue weighted by Gasteiger charge is 2.18. The molecule has 0 radical (unpaired) electrons. The second-order valence-corrected chi connectivity index (χ2v) is 7.25. The van der Waals surface area contributed by atoms with Crippen molar-refractivity contribution in [3.63, 3.8) is 0 Å². The van der Waals surface area contributed by atoms with E-state index in [1.807, 2.05) is 0 Å². The van der Waals surface area contributed by atoms with Crippen molar-refractivity contribution in [1.82, 2.24) is 4.98 Å². The molecule has 0 unspecified atom stereocenters. The van der Waals surface area contributed by atoms with Gasteiger partial charge in [-0.25, -0.2) is 12.8 Å². The number of pyridine rings is 1. The van der Waals surface area contributed by atoms with E-state index in [0.29, 0.717) is 8.95 Å². The van der Waals surface area contributed by atoms with E-state index in [0.717, 1.165) is 18.5 Å². The number of aromatic nitrogens is 1. The molecule has 1 aromatic heterocycles. The Kier molecular flexibility index (Phi) is 4.31. The summed E-state index contributed by atoms with van der Waals surface area (Å²) < 4.78 is 40.8. The predicted octanol–water partition coefficient (Wildman–Crippen LogP) is 3.13. The van der Waals surface area contributed by atoms with Crippen LogP contribution in [0.4, 0.5) is 15.8 Å². The first-order valence-electron chi connectivity index (χ1n) is 5.17. The summed E-state index contributed by atoms with van der Waals surface area (Å²) in [5.74, 6) is -0.740. The minimum atomic E-state index is -3.97. The molecule has 0 aliphatic heterocycles. The Labute approximate surface area is 131 Å². The molecule has 3 N–H and O–H groups in total. The summed E-state index contributed by atoms with van der Waals surface area (Å²) in [4.78, 5) is 3.22. The summed E-state index contributed by atoms with van der Waals surface area (Å²) in [6.07, 6.45) is 1.97. The van der Waals surface area contributed by atoms with Crippen molar-refractivity contribution < 1.29 is 12.8 Å². The fourth-order valence-electron chi connectivity index (χ4n) is 1.43. The maximum atomic E-state index is 13.1. The predicted molar refractivity (Wildman–Crippen MR) is 81.3 cm³/mol. The van der Waals surface area contributed by atoms with Gasteiger partial charge in [0.05, 0.1) is 17.6 Å². The maximum Gasteiger partial charge on any atom is 0.263 e. The highest BCUT2D eigenvalue weighted by molar-refractivity contribution is 9.11. The molecule has 1 aromatic carbocycles. The molecule has 9 heteroatoms. The van der Waals surface area contributed by atoms with Gasteiger partial charge in [-0.2, -0.15) is 0 Å². The normalized spacial score (nSPS) is 11.3. The summed E-state index contributed by atoms with van der Waals surface area (Å²) >= 11 is 6.45. The third-order valence-corrected chi connectivity index (χ3v) is 4.71. The third kappa shape index (κ3) is 3.28. The number of anilines is 2. The molecular formula is C11H8Br2FN3O2S. The van der Waals surface area contributed by atoms with E-state index in [2.05, 4.69) is 41.6 Å². The van der Waals surface area contributed by atoms with Crippen LogP contribution in [0.5, 0.6) is 0 Å². The van der Waals surface area contributed by atoms with Crippen LogP contribution in [-0.4, -0.2) is 13.4 Å². The second-order valence-electron chi connectivity index (χ2n) is 3.80. The number of nitrogens with zero attached hydrogens (tertiary/aromatic N) is 1. The summed E-state index contributed by atoms with van der Waals surface area (Å²) in [7, 11) is -3.97. The van der Waals surface area contributed by atoms with E-state index in [9.17, 15) is 12.8 Å². The second kappa shape index (κ2) is 5.66. The van der Waals surface area contributed by atoms with Crippen LogP contribution < -0.4 is 10.5 Å². The van der Waals surface area contributed by atoms with Crippen LogP contribution in [0.1, 0.15) is 0 Å². The topological polar surface area (TPSA) is 85.1 Å². The molecule has 1 heterocycles. The minimum absolute atomic E-state index is 0.178. The molecule has 0 fully saturated rings. The van der Waals surface area contributed by atoms with Crippen LogP contribution in [0.25, 0.3) is 0 Å². The Balaban J connectivity index is 2.44. The van der Waals surface area contributed by atoms with E-state index in [4.69, 9.17) is 5.73 Å². The van der Waals surface area contributed by atoms with E-state index >= 15 is 0 Å². The van der Waals surface area contributed by atoms with Gasteiger partial charge in [0.15, 0.2) is 0 Å². The number of hydrogen-bond donors (Lipinski definition) is 2. The van der Waals surface area contributed by atoms with Crippen molar-refractivity contribution >= 4 is 53.3 Å². The molecule has 0 spiro atoms. The molecule has 0 bridgehead atoms. The van der Waals surface area contributed by atoms with Crippen LogP contribution in [0, 0.1) is 5.82 Å². The van der Waals surface area contributed by atoms with Gasteiger partial charge in [0.1, 0.15) is 10.7 Å². The van der Waals surface area contributed by atoms with Crippen molar-refractivity contribution in [2.75, 3.05) is 10.5 Å². The van der Waals surface area contributed by atoms with Gasteiger partial charge in [-0.3, -0.25) is 9.71 Å². The fourth-order valence-corrected chi connectivity index (χ4v) is 4.00. The maximum absolute atomic E-state index is 13.1. The first-order chi connectivity index (χ1) is 9.29. The highest BCUT2D eigenvalue weighted by Crippen LogP contribution is 2.34. The first kappa shape index (κ1) is 15.2. The molecule has 0 aliphatic carbocycles. The molecule has 0 saturated carbocycles.